The summed E-state index contributed by atoms with van der Waals surface area (Å²) in [5.41, 5.74) is 0.668. The van der Waals surface area contributed by atoms with Crippen molar-refractivity contribution in [3.05, 3.63) is 18.2 Å². The second-order valence-corrected chi connectivity index (χ2v) is 10.5. The van der Waals surface area contributed by atoms with Gasteiger partial charge >= 0.3 is 0 Å². The van der Waals surface area contributed by atoms with Crippen LogP contribution in [0.5, 0.6) is 11.5 Å². The van der Waals surface area contributed by atoms with Gasteiger partial charge in [0.1, 0.15) is 0 Å². The van der Waals surface area contributed by atoms with Gasteiger partial charge in [0.25, 0.3) is 0 Å². The van der Waals surface area contributed by atoms with E-state index in [-0.39, 0.29) is 36.2 Å². The average Bonchev–Trinajstić information content (AvgIpc) is 3.26. The first-order valence-electron chi connectivity index (χ1n) is 10.8. The Balaban J connectivity index is 1.25. The molecule has 1 aromatic rings. The molecule has 0 unspecified atom stereocenters. The predicted octanol–water partition coefficient (Wildman–Crippen LogP) is 1.65. The van der Waals surface area contributed by atoms with Gasteiger partial charge in [0, 0.05) is 49.8 Å². The van der Waals surface area contributed by atoms with Crippen molar-refractivity contribution >= 4 is 27.5 Å². The van der Waals surface area contributed by atoms with E-state index in [9.17, 15) is 18.0 Å². The van der Waals surface area contributed by atoms with E-state index in [4.69, 9.17) is 9.47 Å². The van der Waals surface area contributed by atoms with Crippen LogP contribution in [0.15, 0.2) is 18.2 Å². The van der Waals surface area contributed by atoms with E-state index in [2.05, 4.69) is 5.32 Å². The van der Waals surface area contributed by atoms with E-state index in [1.165, 1.54) is 4.31 Å². The quantitative estimate of drug-likeness (QED) is 0.730. The number of piperidine rings is 2. The molecule has 0 saturated carbocycles. The van der Waals surface area contributed by atoms with Crippen LogP contribution in [0.4, 0.5) is 5.69 Å². The summed E-state index contributed by atoms with van der Waals surface area (Å²) >= 11 is 0. The summed E-state index contributed by atoms with van der Waals surface area (Å²) in [4.78, 5) is 27.4. The fourth-order valence-corrected chi connectivity index (χ4v) is 5.53. The van der Waals surface area contributed by atoms with Crippen LogP contribution in [0, 0.1) is 11.8 Å². The van der Waals surface area contributed by atoms with Crippen molar-refractivity contribution in [2.24, 2.45) is 11.8 Å². The minimum atomic E-state index is -3.19. The zero-order valence-corrected chi connectivity index (χ0v) is 18.5. The third kappa shape index (κ3) is 4.79. The Morgan fingerprint density at radius 2 is 1.65 bits per heavy atom. The summed E-state index contributed by atoms with van der Waals surface area (Å²) in [7, 11) is -3.19. The maximum absolute atomic E-state index is 12.9. The molecule has 0 spiro atoms. The zero-order valence-electron chi connectivity index (χ0n) is 17.7. The van der Waals surface area contributed by atoms with Crippen molar-refractivity contribution in [1.29, 1.82) is 0 Å². The van der Waals surface area contributed by atoms with E-state index < -0.39 is 10.0 Å². The van der Waals surface area contributed by atoms with E-state index in [0.29, 0.717) is 69.0 Å². The monoisotopic (exact) mass is 451 g/mol. The molecule has 0 radical (unpaired) electrons. The number of fused-ring (bicyclic) bond motifs is 1. The van der Waals surface area contributed by atoms with Crippen LogP contribution in [0.2, 0.25) is 0 Å². The summed E-state index contributed by atoms with van der Waals surface area (Å²) in [6.07, 6.45) is 2.35. The summed E-state index contributed by atoms with van der Waals surface area (Å²) in [6.45, 7) is 3.73. The van der Waals surface area contributed by atoms with Gasteiger partial charge in [-0.1, -0.05) is 0 Å². The van der Waals surface area contributed by atoms with Crippen LogP contribution in [0.3, 0.4) is 0 Å². The lowest BCUT2D eigenvalue weighted by Gasteiger charge is -2.36. The number of anilines is 1. The predicted molar refractivity (Wildman–Crippen MR) is 114 cm³/mol. The molecule has 0 bridgehead atoms. The molecular formula is C21H29N3O6S. The van der Waals surface area contributed by atoms with Gasteiger partial charge in [-0.2, -0.15) is 0 Å². The Hall–Kier alpha value is -2.33. The first-order valence-corrected chi connectivity index (χ1v) is 12.5. The molecule has 9 nitrogen and oxygen atoms in total. The van der Waals surface area contributed by atoms with Gasteiger partial charge < -0.3 is 19.7 Å². The molecule has 31 heavy (non-hydrogen) atoms. The molecule has 3 aliphatic rings. The van der Waals surface area contributed by atoms with Gasteiger partial charge in [-0.05, 0) is 44.7 Å². The molecule has 0 aromatic heterocycles. The van der Waals surface area contributed by atoms with Crippen LogP contribution in [0.25, 0.3) is 0 Å². The molecule has 2 saturated heterocycles. The molecule has 0 aliphatic carbocycles. The van der Waals surface area contributed by atoms with E-state index in [1.54, 1.807) is 25.1 Å². The number of sulfonamides is 1. The lowest BCUT2D eigenvalue weighted by atomic mass is 9.92. The van der Waals surface area contributed by atoms with Gasteiger partial charge in [-0.25, -0.2) is 12.7 Å². The Bertz CT molecular complexity index is 934. The highest BCUT2D eigenvalue weighted by Gasteiger charge is 2.34. The minimum absolute atomic E-state index is 0.0518. The maximum Gasteiger partial charge on any atom is 0.231 e. The number of ether oxygens (including phenoxy) is 2. The average molecular weight is 452 g/mol. The van der Waals surface area contributed by atoms with Crippen LogP contribution in [0.1, 0.15) is 32.6 Å². The number of nitrogens with one attached hydrogen (secondary N) is 1. The van der Waals surface area contributed by atoms with Gasteiger partial charge in [0.05, 0.1) is 5.75 Å². The molecule has 3 aliphatic heterocycles. The smallest absolute Gasteiger partial charge is 0.231 e. The van der Waals surface area contributed by atoms with Crippen LogP contribution in [-0.4, -0.2) is 68.2 Å². The number of carbonyl (C=O) groups is 2. The second-order valence-electron chi connectivity index (χ2n) is 8.23. The van der Waals surface area contributed by atoms with Crippen LogP contribution < -0.4 is 14.8 Å². The van der Waals surface area contributed by atoms with Crippen molar-refractivity contribution in [3.63, 3.8) is 0 Å². The Kier molecular flexibility index (Phi) is 6.38. The number of nitrogens with zero attached hydrogens (tertiary/aromatic N) is 2. The Morgan fingerprint density at radius 3 is 2.32 bits per heavy atom. The van der Waals surface area contributed by atoms with Crippen molar-refractivity contribution in [1.82, 2.24) is 9.21 Å². The minimum Gasteiger partial charge on any atom is -0.454 e. The highest BCUT2D eigenvalue weighted by Crippen LogP contribution is 2.34. The summed E-state index contributed by atoms with van der Waals surface area (Å²) in [5.74, 6) is 1.13. The second kappa shape index (κ2) is 9.04. The number of hydrogen-bond donors (Lipinski definition) is 1. The topological polar surface area (TPSA) is 105 Å². The van der Waals surface area contributed by atoms with E-state index in [0.717, 1.165) is 0 Å². The van der Waals surface area contributed by atoms with E-state index >= 15 is 0 Å². The number of rotatable bonds is 5. The molecule has 0 atom stereocenters. The Labute approximate surface area is 182 Å². The highest BCUT2D eigenvalue weighted by molar-refractivity contribution is 7.89. The molecule has 1 N–H and O–H groups in total. The first kappa shape index (κ1) is 21.9. The zero-order chi connectivity index (χ0) is 22.0. The summed E-state index contributed by atoms with van der Waals surface area (Å²) in [5, 5.41) is 2.93. The standard InChI is InChI=1S/C21H29N3O6S/c1-2-31(27,28)24-11-7-16(8-12-24)21(26)23-9-5-15(6-10-23)20(25)22-17-3-4-18-19(13-17)30-14-29-18/h3-4,13,15-16H,2,5-12,14H2,1H3,(H,22,25). The van der Waals surface area contributed by atoms with Crippen molar-refractivity contribution in [2.75, 3.05) is 44.0 Å². The van der Waals surface area contributed by atoms with Gasteiger partial charge in [-0.3, -0.25) is 9.59 Å². The van der Waals surface area contributed by atoms with Crippen LogP contribution in [-0.2, 0) is 19.6 Å². The number of amides is 2. The molecule has 10 heteroatoms. The molecule has 3 heterocycles. The third-order valence-electron chi connectivity index (χ3n) is 6.38. The Morgan fingerprint density at radius 1 is 1.00 bits per heavy atom. The normalized spacial score (nSPS) is 20.6. The van der Waals surface area contributed by atoms with Gasteiger partial charge in [0.2, 0.25) is 28.6 Å². The molecule has 2 amide bonds. The molecule has 2 fully saturated rings. The lowest BCUT2D eigenvalue weighted by Crippen LogP contribution is -2.47. The molecule has 1 aromatic carbocycles. The van der Waals surface area contributed by atoms with E-state index in [1.807, 2.05) is 4.90 Å². The largest absolute Gasteiger partial charge is 0.454 e. The van der Waals surface area contributed by atoms with Gasteiger partial charge in [0.15, 0.2) is 11.5 Å². The number of hydrogen-bond acceptors (Lipinski definition) is 6. The van der Waals surface area contributed by atoms with Crippen LogP contribution >= 0.6 is 0 Å². The van der Waals surface area contributed by atoms with Crippen molar-refractivity contribution < 1.29 is 27.5 Å². The fraction of sp³-hybridized carbons (Fsp3) is 0.619. The van der Waals surface area contributed by atoms with Gasteiger partial charge in [-0.15, -0.1) is 0 Å². The fourth-order valence-electron chi connectivity index (χ4n) is 4.40. The molecule has 4 rings (SSSR count). The van der Waals surface area contributed by atoms with Crippen molar-refractivity contribution in [3.8, 4) is 11.5 Å². The summed E-state index contributed by atoms with van der Waals surface area (Å²) < 4.78 is 36.1. The molecular weight excluding hydrogens is 422 g/mol. The number of carbonyl (C=O) groups excluding carboxylic acids is 2. The maximum atomic E-state index is 12.9. The summed E-state index contributed by atoms with van der Waals surface area (Å²) in [6, 6.07) is 5.31. The number of likely N-dealkylation sites (tertiary alicyclic amines) is 1. The lowest BCUT2D eigenvalue weighted by molar-refractivity contribution is -0.139. The SMILES string of the molecule is CCS(=O)(=O)N1CCC(C(=O)N2CCC(C(=O)Nc3ccc4c(c3)OCO4)CC2)CC1. The number of benzene rings is 1. The third-order valence-corrected chi connectivity index (χ3v) is 8.26. The first-order chi connectivity index (χ1) is 14.9. The highest BCUT2D eigenvalue weighted by atomic mass is 32.2. The molecule has 170 valence electrons. The van der Waals surface area contributed by atoms with Crippen molar-refractivity contribution in [2.45, 2.75) is 32.6 Å².